The number of hydrogen-bond donors (Lipinski definition) is 3. The third-order valence-corrected chi connectivity index (χ3v) is 2.80. The lowest BCUT2D eigenvalue weighted by atomic mass is 10.1. The summed E-state index contributed by atoms with van der Waals surface area (Å²) in [6, 6.07) is 9.02. The zero-order chi connectivity index (χ0) is 15.9. The van der Waals surface area contributed by atoms with Crippen LogP contribution in [0.2, 0.25) is 0 Å². The van der Waals surface area contributed by atoms with Crippen LogP contribution in [-0.2, 0) is 16.0 Å². The molecule has 5 heteroatoms. The zero-order valence-electron chi connectivity index (χ0n) is 13.0. The van der Waals surface area contributed by atoms with Gasteiger partial charge in [-0.15, -0.1) is 0 Å². The fraction of sp³-hybridized carbons (Fsp3) is 0.500. The third kappa shape index (κ3) is 7.46. The molecule has 0 heterocycles. The molecule has 0 aliphatic heterocycles. The smallest absolute Gasteiger partial charge is 0.237 e. The van der Waals surface area contributed by atoms with Crippen LogP contribution in [0.25, 0.3) is 0 Å². The lowest BCUT2D eigenvalue weighted by Crippen LogP contribution is -2.45. The zero-order valence-corrected chi connectivity index (χ0v) is 13.0. The molecule has 1 atom stereocenters. The minimum absolute atomic E-state index is 0.0839. The summed E-state index contributed by atoms with van der Waals surface area (Å²) in [6.07, 6.45) is 0.738. The SMILES string of the molecule is CC(C)(C)NC(=O)CCNC(=O)C(N)Cc1ccccc1. The predicted octanol–water partition coefficient (Wildman–Crippen LogP) is 0.977. The molecule has 1 unspecified atom stereocenters. The van der Waals surface area contributed by atoms with Crippen LogP contribution in [-0.4, -0.2) is 29.9 Å². The molecular formula is C16H25N3O2. The van der Waals surface area contributed by atoms with Gasteiger partial charge in [0.2, 0.25) is 11.8 Å². The molecule has 4 N–H and O–H groups in total. The van der Waals surface area contributed by atoms with Crippen molar-refractivity contribution < 1.29 is 9.59 Å². The highest BCUT2D eigenvalue weighted by molar-refractivity contribution is 5.83. The molecule has 0 saturated heterocycles. The number of nitrogens with one attached hydrogen (secondary N) is 2. The number of carbonyl (C=O) groups excluding carboxylic acids is 2. The minimum Gasteiger partial charge on any atom is -0.354 e. The second-order valence-corrected chi connectivity index (χ2v) is 6.14. The average molecular weight is 291 g/mol. The first-order chi connectivity index (χ1) is 9.78. The molecule has 21 heavy (non-hydrogen) atoms. The maximum atomic E-state index is 11.8. The Bertz CT molecular complexity index is 466. The fourth-order valence-corrected chi connectivity index (χ4v) is 1.87. The molecule has 2 amide bonds. The largest absolute Gasteiger partial charge is 0.354 e. The van der Waals surface area contributed by atoms with Crippen molar-refractivity contribution in [2.75, 3.05) is 6.54 Å². The number of carbonyl (C=O) groups is 2. The number of rotatable bonds is 6. The predicted molar refractivity (Wildman–Crippen MR) is 83.6 cm³/mol. The summed E-state index contributed by atoms with van der Waals surface area (Å²) in [5.41, 5.74) is 6.62. The number of hydrogen-bond acceptors (Lipinski definition) is 3. The molecule has 1 aromatic rings. The van der Waals surface area contributed by atoms with Crippen LogP contribution in [0.15, 0.2) is 30.3 Å². The lowest BCUT2D eigenvalue weighted by Gasteiger charge is -2.20. The minimum atomic E-state index is -0.599. The van der Waals surface area contributed by atoms with E-state index in [1.54, 1.807) is 0 Å². The summed E-state index contributed by atoms with van der Waals surface area (Å²) >= 11 is 0. The monoisotopic (exact) mass is 291 g/mol. The van der Waals surface area contributed by atoms with Gasteiger partial charge in [0.1, 0.15) is 0 Å². The Kier molecular flexibility index (Phi) is 6.37. The Morgan fingerprint density at radius 2 is 1.81 bits per heavy atom. The molecule has 0 saturated carbocycles. The molecular weight excluding hydrogens is 266 g/mol. The van der Waals surface area contributed by atoms with E-state index in [2.05, 4.69) is 10.6 Å². The number of amides is 2. The molecule has 116 valence electrons. The number of nitrogens with two attached hydrogens (primary N) is 1. The summed E-state index contributed by atoms with van der Waals surface area (Å²) < 4.78 is 0. The topological polar surface area (TPSA) is 84.2 Å². The molecule has 0 spiro atoms. The Morgan fingerprint density at radius 1 is 1.19 bits per heavy atom. The van der Waals surface area contributed by atoms with Gasteiger partial charge in [-0.05, 0) is 32.8 Å². The van der Waals surface area contributed by atoms with Crippen LogP contribution in [0.3, 0.4) is 0 Å². The van der Waals surface area contributed by atoms with E-state index in [0.717, 1.165) is 5.56 Å². The molecule has 0 aliphatic carbocycles. The van der Waals surface area contributed by atoms with E-state index < -0.39 is 6.04 Å². The molecule has 5 nitrogen and oxygen atoms in total. The first kappa shape index (κ1) is 17.2. The van der Waals surface area contributed by atoms with Crippen molar-refractivity contribution in [2.45, 2.75) is 45.2 Å². The van der Waals surface area contributed by atoms with Gasteiger partial charge in [0.25, 0.3) is 0 Å². The van der Waals surface area contributed by atoms with Crippen molar-refractivity contribution in [1.29, 1.82) is 0 Å². The number of benzene rings is 1. The lowest BCUT2D eigenvalue weighted by molar-refractivity contribution is -0.123. The van der Waals surface area contributed by atoms with Crippen molar-refractivity contribution in [1.82, 2.24) is 10.6 Å². The Hall–Kier alpha value is -1.88. The van der Waals surface area contributed by atoms with Crippen LogP contribution in [0.4, 0.5) is 0 Å². The van der Waals surface area contributed by atoms with Crippen molar-refractivity contribution in [3.8, 4) is 0 Å². The quantitative estimate of drug-likeness (QED) is 0.730. The molecule has 1 rings (SSSR count). The van der Waals surface area contributed by atoms with Gasteiger partial charge in [-0.3, -0.25) is 9.59 Å². The molecule has 0 aliphatic rings. The van der Waals surface area contributed by atoms with E-state index in [-0.39, 0.29) is 23.8 Å². The summed E-state index contributed by atoms with van der Waals surface area (Å²) in [5.74, 6) is -0.318. The fourth-order valence-electron chi connectivity index (χ4n) is 1.87. The summed E-state index contributed by atoms with van der Waals surface area (Å²) in [5, 5.41) is 5.54. The van der Waals surface area contributed by atoms with Crippen molar-refractivity contribution in [3.63, 3.8) is 0 Å². The van der Waals surface area contributed by atoms with Gasteiger partial charge in [0.15, 0.2) is 0 Å². The maximum absolute atomic E-state index is 11.8. The Morgan fingerprint density at radius 3 is 2.38 bits per heavy atom. The summed E-state index contributed by atoms with van der Waals surface area (Å²) in [6.45, 7) is 6.04. The van der Waals surface area contributed by atoms with E-state index in [1.165, 1.54) is 0 Å². The third-order valence-electron chi connectivity index (χ3n) is 2.80. The first-order valence-corrected chi connectivity index (χ1v) is 7.16. The van der Waals surface area contributed by atoms with Gasteiger partial charge in [0, 0.05) is 18.5 Å². The van der Waals surface area contributed by atoms with Crippen molar-refractivity contribution in [3.05, 3.63) is 35.9 Å². The molecule has 0 fully saturated rings. The summed E-state index contributed by atoms with van der Waals surface area (Å²) in [7, 11) is 0. The van der Waals surface area contributed by atoms with Gasteiger partial charge >= 0.3 is 0 Å². The van der Waals surface area contributed by atoms with E-state index in [1.807, 2.05) is 51.1 Å². The molecule has 0 radical (unpaired) electrons. The molecule has 0 bridgehead atoms. The summed E-state index contributed by atoms with van der Waals surface area (Å²) in [4.78, 5) is 23.5. The second-order valence-electron chi connectivity index (χ2n) is 6.14. The van der Waals surface area contributed by atoms with Crippen molar-refractivity contribution in [2.24, 2.45) is 5.73 Å². The maximum Gasteiger partial charge on any atom is 0.237 e. The van der Waals surface area contributed by atoms with Crippen LogP contribution in [0, 0.1) is 0 Å². The average Bonchev–Trinajstić information content (AvgIpc) is 2.37. The molecule has 0 aromatic heterocycles. The standard InChI is InChI=1S/C16H25N3O2/c1-16(2,3)19-14(20)9-10-18-15(21)13(17)11-12-7-5-4-6-8-12/h4-8,13H,9-11,17H2,1-3H3,(H,18,21)(H,19,20). The van der Waals surface area contributed by atoms with E-state index in [0.29, 0.717) is 13.0 Å². The highest BCUT2D eigenvalue weighted by Crippen LogP contribution is 2.02. The van der Waals surface area contributed by atoms with Gasteiger partial charge < -0.3 is 16.4 Å². The van der Waals surface area contributed by atoms with E-state index in [4.69, 9.17) is 5.73 Å². The van der Waals surface area contributed by atoms with Gasteiger partial charge in [-0.2, -0.15) is 0 Å². The Balaban J connectivity index is 2.29. The van der Waals surface area contributed by atoms with Gasteiger partial charge in [-0.25, -0.2) is 0 Å². The van der Waals surface area contributed by atoms with Crippen LogP contribution < -0.4 is 16.4 Å². The Labute approximate surface area is 126 Å². The van der Waals surface area contributed by atoms with Crippen LogP contribution in [0.5, 0.6) is 0 Å². The second kappa shape index (κ2) is 7.78. The normalized spacial score (nSPS) is 12.6. The van der Waals surface area contributed by atoms with E-state index >= 15 is 0 Å². The highest BCUT2D eigenvalue weighted by atomic mass is 16.2. The van der Waals surface area contributed by atoms with E-state index in [9.17, 15) is 9.59 Å². The molecule has 1 aromatic carbocycles. The highest BCUT2D eigenvalue weighted by Gasteiger charge is 2.16. The van der Waals surface area contributed by atoms with Gasteiger partial charge in [0.05, 0.1) is 6.04 Å². The first-order valence-electron chi connectivity index (χ1n) is 7.16. The van der Waals surface area contributed by atoms with Crippen LogP contribution in [0.1, 0.15) is 32.8 Å². The van der Waals surface area contributed by atoms with Crippen LogP contribution >= 0.6 is 0 Å². The van der Waals surface area contributed by atoms with Gasteiger partial charge in [-0.1, -0.05) is 30.3 Å². The van der Waals surface area contributed by atoms with Crippen molar-refractivity contribution >= 4 is 11.8 Å².